The minimum Gasteiger partial charge on any atom is -0.478 e. The first-order valence-corrected chi connectivity index (χ1v) is 10.9. The SMILES string of the molecule is Cc1cccc(C(=O)Nc2cnc(N3CCCN(c4ccc(Cl)nn4)CC3)c(C(=O)O)c2)c1. The summed E-state index contributed by atoms with van der Waals surface area (Å²) in [5.74, 6) is -0.324. The summed E-state index contributed by atoms with van der Waals surface area (Å²) >= 11 is 5.83. The van der Waals surface area contributed by atoms with Crippen molar-refractivity contribution in [3.63, 3.8) is 0 Å². The summed E-state index contributed by atoms with van der Waals surface area (Å²) in [4.78, 5) is 33.0. The predicted octanol–water partition coefficient (Wildman–Crippen LogP) is 3.50. The fourth-order valence-corrected chi connectivity index (χ4v) is 3.86. The second kappa shape index (κ2) is 9.83. The van der Waals surface area contributed by atoms with Crippen molar-refractivity contribution in [2.45, 2.75) is 13.3 Å². The van der Waals surface area contributed by atoms with E-state index in [4.69, 9.17) is 11.6 Å². The lowest BCUT2D eigenvalue weighted by molar-refractivity contribution is 0.0696. The highest BCUT2D eigenvalue weighted by Gasteiger charge is 2.23. The number of rotatable bonds is 5. The van der Waals surface area contributed by atoms with Gasteiger partial charge < -0.3 is 20.2 Å². The molecule has 1 aromatic carbocycles. The standard InChI is InChI=1S/C23H23ClN6O3/c1-15-4-2-5-16(12-15)22(31)26-17-13-18(23(32)33)21(25-14-17)30-9-3-8-29(10-11-30)20-7-6-19(24)27-28-20/h2,4-7,12-14H,3,8-11H2,1H3,(H,26,31)(H,32,33). The number of carboxylic acid groups (broad SMARTS) is 1. The molecule has 2 N–H and O–H groups in total. The molecule has 0 unspecified atom stereocenters. The monoisotopic (exact) mass is 466 g/mol. The quantitative estimate of drug-likeness (QED) is 0.587. The van der Waals surface area contributed by atoms with Gasteiger partial charge in [-0.05, 0) is 43.7 Å². The van der Waals surface area contributed by atoms with Gasteiger partial charge in [0.2, 0.25) is 0 Å². The average Bonchev–Trinajstić information content (AvgIpc) is 3.06. The summed E-state index contributed by atoms with van der Waals surface area (Å²) in [6.45, 7) is 4.48. The number of aryl methyl sites for hydroxylation is 1. The van der Waals surface area contributed by atoms with E-state index in [-0.39, 0.29) is 11.5 Å². The van der Waals surface area contributed by atoms with Crippen molar-refractivity contribution < 1.29 is 14.7 Å². The van der Waals surface area contributed by atoms with Crippen molar-refractivity contribution in [1.82, 2.24) is 15.2 Å². The first-order chi connectivity index (χ1) is 15.9. The van der Waals surface area contributed by atoms with Gasteiger partial charge in [-0.15, -0.1) is 10.2 Å². The first kappa shape index (κ1) is 22.5. The molecule has 4 rings (SSSR count). The molecule has 0 bridgehead atoms. The zero-order valence-electron chi connectivity index (χ0n) is 18.0. The van der Waals surface area contributed by atoms with E-state index < -0.39 is 5.97 Å². The van der Waals surface area contributed by atoms with E-state index in [1.165, 1.54) is 12.3 Å². The van der Waals surface area contributed by atoms with Gasteiger partial charge in [-0.25, -0.2) is 9.78 Å². The maximum Gasteiger partial charge on any atom is 0.339 e. The molecule has 1 aliphatic rings. The number of anilines is 3. The lowest BCUT2D eigenvalue weighted by Crippen LogP contribution is -2.32. The van der Waals surface area contributed by atoms with Gasteiger partial charge in [0.25, 0.3) is 5.91 Å². The minimum atomic E-state index is -1.10. The smallest absolute Gasteiger partial charge is 0.339 e. The number of carbonyl (C=O) groups excluding carboxylic acids is 1. The highest BCUT2D eigenvalue weighted by atomic mass is 35.5. The van der Waals surface area contributed by atoms with Gasteiger partial charge in [0, 0.05) is 31.7 Å². The molecule has 1 saturated heterocycles. The Bertz CT molecular complexity index is 1170. The van der Waals surface area contributed by atoms with Gasteiger partial charge >= 0.3 is 5.97 Å². The number of hydrogen-bond acceptors (Lipinski definition) is 7. The van der Waals surface area contributed by atoms with Crippen LogP contribution in [-0.4, -0.2) is 58.3 Å². The zero-order chi connectivity index (χ0) is 23.4. The van der Waals surface area contributed by atoms with E-state index in [2.05, 4.69) is 25.4 Å². The number of aromatic nitrogens is 3. The van der Waals surface area contributed by atoms with Crippen LogP contribution in [0.25, 0.3) is 0 Å². The van der Waals surface area contributed by atoms with E-state index in [1.807, 2.05) is 24.0 Å². The second-order valence-corrected chi connectivity index (χ2v) is 8.15. The van der Waals surface area contributed by atoms with Gasteiger partial charge in [-0.2, -0.15) is 0 Å². The number of carboxylic acids is 1. The number of carbonyl (C=O) groups is 2. The normalized spacial score (nSPS) is 14.0. The average molecular weight is 467 g/mol. The molecule has 10 heteroatoms. The predicted molar refractivity (Wildman–Crippen MR) is 126 cm³/mol. The third-order valence-corrected chi connectivity index (χ3v) is 5.57. The molecule has 0 spiro atoms. The molecule has 9 nitrogen and oxygen atoms in total. The molecule has 170 valence electrons. The Kier molecular flexibility index (Phi) is 6.69. The summed E-state index contributed by atoms with van der Waals surface area (Å²) < 4.78 is 0. The van der Waals surface area contributed by atoms with Crippen molar-refractivity contribution >= 4 is 40.8 Å². The van der Waals surface area contributed by atoms with Gasteiger partial charge in [0.15, 0.2) is 11.0 Å². The van der Waals surface area contributed by atoms with E-state index in [0.29, 0.717) is 41.9 Å². The van der Waals surface area contributed by atoms with Gasteiger partial charge in [0.05, 0.1) is 11.9 Å². The third-order valence-electron chi connectivity index (χ3n) is 5.37. The van der Waals surface area contributed by atoms with Crippen LogP contribution in [0.1, 0.15) is 32.7 Å². The number of hydrogen-bond donors (Lipinski definition) is 2. The molecule has 0 saturated carbocycles. The maximum absolute atomic E-state index is 12.5. The number of nitrogens with one attached hydrogen (secondary N) is 1. The summed E-state index contributed by atoms with van der Waals surface area (Å²) in [5, 5.41) is 20.9. The van der Waals surface area contributed by atoms with E-state index >= 15 is 0 Å². The van der Waals surface area contributed by atoms with Crippen LogP contribution in [0.3, 0.4) is 0 Å². The van der Waals surface area contributed by atoms with Crippen LogP contribution in [0.4, 0.5) is 17.3 Å². The van der Waals surface area contributed by atoms with Gasteiger partial charge in [-0.3, -0.25) is 4.79 Å². The van der Waals surface area contributed by atoms with Gasteiger partial charge in [-0.1, -0.05) is 29.3 Å². The van der Waals surface area contributed by atoms with Crippen molar-refractivity contribution in [1.29, 1.82) is 0 Å². The number of pyridine rings is 1. The van der Waals surface area contributed by atoms with E-state index in [0.717, 1.165) is 24.3 Å². The highest BCUT2D eigenvalue weighted by molar-refractivity contribution is 6.29. The molecular formula is C23H23ClN6O3. The third kappa shape index (κ3) is 5.38. The molecule has 1 aliphatic heterocycles. The van der Waals surface area contributed by atoms with E-state index in [9.17, 15) is 14.7 Å². The maximum atomic E-state index is 12.5. The van der Waals surface area contributed by atoms with Crippen molar-refractivity contribution in [3.05, 3.63) is 70.5 Å². The van der Waals surface area contributed by atoms with Crippen molar-refractivity contribution in [2.75, 3.05) is 41.3 Å². The fraction of sp³-hybridized carbons (Fsp3) is 0.261. The van der Waals surface area contributed by atoms with E-state index in [1.54, 1.807) is 24.3 Å². The number of benzene rings is 1. The minimum absolute atomic E-state index is 0.0387. The van der Waals surface area contributed by atoms with Crippen LogP contribution in [0.2, 0.25) is 5.15 Å². The highest BCUT2D eigenvalue weighted by Crippen LogP contribution is 2.24. The first-order valence-electron chi connectivity index (χ1n) is 10.5. The Hall–Kier alpha value is -3.72. The molecule has 33 heavy (non-hydrogen) atoms. The van der Waals surface area contributed by atoms with Crippen LogP contribution < -0.4 is 15.1 Å². The fourth-order valence-electron chi connectivity index (χ4n) is 3.76. The molecular weight excluding hydrogens is 444 g/mol. The Balaban J connectivity index is 1.51. The largest absolute Gasteiger partial charge is 0.478 e. The van der Waals surface area contributed by atoms with Crippen LogP contribution in [0, 0.1) is 6.92 Å². The summed E-state index contributed by atoms with van der Waals surface area (Å²) in [7, 11) is 0. The van der Waals surface area contributed by atoms with Crippen molar-refractivity contribution in [2.24, 2.45) is 0 Å². The molecule has 3 heterocycles. The summed E-state index contributed by atoms with van der Waals surface area (Å²) in [6.07, 6.45) is 2.28. The Morgan fingerprint density at radius 3 is 2.55 bits per heavy atom. The molecule has 0 radical (unpaired) electrons. The van der Waals surface area contributed by atoms with Crippen molar-refractivity contribution in [3.8, 4) is 0 Å². The van der Waals surface area contributed by atoms with Crippen LogP contribution in [0.5, 0.6) is 0 Å². The molecule has 0 atom stereocenters. The molecule has 1 fully saturated rings. The Labute approximate surface area is 196 Å². The topological polar surface area (TPSA) is 112 Å². The number of halogens is 1. The number of nitrogens with zero attached hydrogens (tertiary/aromatic N) is 5. The number of amides is 1. The van der Waals surface area contributed by atoms with Crippen LogP contribution >= 0.6 is 11.6 Å². The Morgan fingerprint density at radius 1 is 1.03 bits per heavy atom. The Morgan fingerprint density at radius 2 is 1.82 bits per heavy atom. The van der Waals surface area contributed by atoms with Crippen LogP contribution in [-0.2, 0) is 0 Å². The van der Waals surface area contributed by atoms with Gasteiger partial charge in [0.1, 0.15) is 11.4 Å². The second-order valence-electron chi connectivity index (χ2n) is 7.77. The molecule has 1 amide bonds. The molecule has 2 aromatic heterocycles. The molecule has 3 aromatic rings. The lowest BCUT2D eigenvalue weighted by Gasteiger charge is -2.24. The molecule has 0 aliphatic carbocycles. The summed E-state index contributed by atoms with van der Waals surface area (Å²) in [5.41, 5.74) is 1.82. The summed E-state index contributed by atoms with van der Waals surface area (Å²) in [6, 6.07) is 12.1. The van der Waals surface area contributed by atoms with Crippen LogP contribution in [0.15, 0.2) is 48.7 Å². The zero-order valence-corrected chi connectivity index (χ0v) is 18.8. The lowest BCUT2D eigenvalue weighted by atomic mass is 10.1. The number of aromatic carboxylic acids is 1.